The van der Waals surface area contributed by atoms with E-state index in [1.165, 1.54) is 12.1 Å². The molecule has 4 rings (SSSR count). The van der Waals surface area contributed by atoms with Crippen LogP contribution in [-0.4, -0.2) is 52.9 Å². The van der Waals surface area contributed by atoms with E-state index in [4.69, 9.17) is 4.74 Å². The number of carbonyl (C=O) groups excluding carboxylic acids is 2. The van der Waals surface area contributed by atoms with Crippen molar-refractivity contribution in [2.24, 2.45) is 0 Å². The minimum atomic E-state index is -0.403. The van der Waals surface area contributed by atoms with Gasteiger partial charge in [0.25, 0.3) is 5.91 Å². The van der Waals surface area contributed by atoms with Gasteiger partial charge in [-0.15, -0.1) is 0 Å². The van der Waals surface area contributed by atoms with Crippen molar-refractivity contribution in [3.8, 4) is 11.6 Å². The molecule has 0 spiro atoms. The molecular weight excluding hydrogens is 435 g/mol. The number of pyridine rings is 1. The van der Waals surface area contributed by atoms with Gasteiger partial charge in [0.15, 0.2) is 0 Å². The molecule has 176 valence electrons. The van der Waals surface area contributed by atoms with Crippen LogP contribution in [0.1, 0.15) is 27.9 Å². The topological polar surface area (TPSA) is 74.8 Å². The SMILES string of the molecule is Cc1cccc(C(=O)N2CCCN(C(=O)NCc3cccnc3Oc3cccc(F)c3)CC2)c1. The number of nitrogens with one attached hydrogen (secondary N) is 1. The monoisotopic (exact) mass is 462 g/mol. The number of aromatic nitrogens is 1. The van der Waals surface area contributed by atoms with E-state index in [-0.39, 0.29) is 18.5 Å². The summed E-state index contributed by atoms with van der Waals surface area (Å²) in [4.78, 5) is 33.4. The summed E-state index contributed by atoms with van der Waals surface area (Å²) in [6, 6.07) is 16.7. The van der Waals surface area contributed by atoms with Gasteiger partial charge in [0, 0.05) is 56.1 Å². The van der Waals surface area contributed by atoms with Crippen LogP contribution in [0.25, 0.3) is 0 Å². The first kappa shape index (κ1) is 23.2. The Kier molecular flexibility index (Phi) is 7.37. The second-order valence-corrected chi connectivity index (χ2v) is 8.19. The fourth-order valence-corrected chi connectivity index (χ4v) is 3.86. The lowest BCUT2D eigenvalue weighted by Gasteiger charge is -2.23. The number of hydrogen-bond acceptors (Lipinski definition) is 4. The molecule has 1 N–H and O–H groups in total. The first-order chi connectivity index (χ1) is 16.5. The molecule has 2 heterocycles. The lowest BCUT2D eigenvalue weighted by Crippen LogP contribution is -2.42. The van der Waals surface area contributed by atoms with Crippen LogP contribution in [0, 0.1) is 12.7 Å². The summed E-state index contributed by atoms with van der Waals surface area (Å²) >= 11 is 0. The number of rotatable bonds is 5. The largest absolute Gasteiger partial charge is 0.439 e. The number of carbonyl (C=O) groups is 2. The van der Waals surface area contributed by atoms with Crippen molar-refractivity contribution in [3.05, 3.63) is 89.4 Å². The van der Waals surface area contributed by atoms with E-state index in [2.05, 4.69) is 10.3 Å². The Bertz CT molecular complexity index is 1170. The fraction of sp³-hybridized carbons (Fsp3) is 0.269. The number of urea groups is 1. The average molecular weight is 463 g/mol. The van der Waals surface area contributed by atoms with Gasteiger partial charge in [-0.25, -0.2) is 14.2 Å². The molecule has 0 bridgehead atoms. The number of benzene rings is 2. The molecule has 0 atom stereocenters. The Labute approximate surface area is 198 Å². The predicted molar refractivity (Wildman–Crippen MR) is 126 cm³/mol. The van der Waals surface area contributed by atoms with E-state index in [0.717, 1.165) is 5.56 Å². The summed E-state index contributed by atoms with van der Waals surface area (Å²) in [5.41, 5.74) is 2.38. The molecule has 8 heteroatoms. The van der Waals surface area contributed by atoms with Crippen LogP contribution < -0.4 is 10.1 Å². The highest BCUT2D eigenvalue weighted by molar-refractivity contribution is 5.94. The smallest absolute Gasteiger partial charge is 0.317 e. The van der Waals surface area contributed by atoms with Gasteiger partial charge in [-0.1, -0.05) is 29.8 Å². The van der Waals surface area contributed by atoms with Crippen LogP contribution in [0.5, 0.6) is 11.6 Å². The number of halogens is 1. The maximum absolute atomic E-state index is 13.5. The molecule has 1 saturated heterocycles. The van der Waals surface area contributed by atoms with Crippen LogP contribution in [0.15, 0.2) is 66.9 Å². The van der Waals surface area contributed by atoms with Crippen LogP contribution in [-0.2, 0) is 6.54 Å². The van der Waals surface area contributed by atoms with Crippen molar-refractivity contribution >= 4 is 11.9 Å². The van der Waals surface area contributed by atoms with Gasteiger partial charge in [-0.2, -0.15) is 0 Å². The number of nitrogens with zero attached hydrogens (tertiary/aromatic N) is 3. The zero-order valence-electron chi connectivity index (χ0n) is 19.0. The average Bonchev–Trinajstić information content (AvgIpc) is 3.09. The van der Waals surface area contributed by atoms with Crippen molar-refractivity contribution in [2.75, 3.05) is 26.2 Å². The van der Waals surface area contributed by atoms with E-state index in [1.807, 2.05) is 31.2 Å². The molecule has 1 fully saturated rings. The zero-order chi connectivity index (χ0) is 23.9. The quantitative estimate of drug-likeness (QED) is 0.611. The van der Waals surface area contributed by atoms with Crippen molar-refractivity contribution in [3.63, 3.8) is 0 Å². The normalized spacial score (nSPS) is 13.8. The second kappa shape index (κ2) is 10.8. The van der Waals surface area contributed by atoms with Gasteiger partial charge < -0.3 is 19.9 Å². The lowest BCUT2D eigenvalue weighted by molar-refractivity contribution is 0.0762. The Morgan fingerprint density at radius 2 is 1.79 bits per heavy atom. The first-order valence-corrected chi connectivity index (χ1v) is 11.3. The van der Waals surface area contributed by atoms with Crippen molar-refractivity contribution in [1.82, 2.24) is 20.1 Å². The van der Waals surface area contributed by atoms with E-state index in [1.54, 1.807) is 40.3 Å². The molecule has 0 aliphatic carbocycles. The summed E-state index contributed by atoms with van der Waals surface area (Å²) in [5, 5.41) is 2.91. The van der Waals surface area contributed by atoms with Crippen LogP contribution >= 0.6 is 0 Å². The minimum Gasteiger partial charge on any atom is -0.439 e. The van der Waals surface area contributed by atoms with Gasteiger partial charge in [0.1, 0.15) is 11.6 Å². The molecule has 1 aliphatic heterocycles. The third kappa shape index (κ3) is 5.89. The maximum atomic E-state index is 13.5. The summed E-state index contributed by atoms with van der Waals surface area (Å²) in [6.07, 6.45) is 2.28. The maximum Gasteiger partial charge on any atom is 0.317 e. The standard InChI is InChI=1S/C26H27FN4O3/c1-19-6-2-7-20(16-19)25(32)30-12-5-13-31(15-14-30)26(33)29-18-21-8-4-11-28-24(21)34-23-10-3-9-22(27)17-23/h2-4,6-11,16-17H,5,12-15,18H2,1H3,(H,29,33). The number of aryl methyl sites for hydroxylation is 1. The first-order valence-electron chi connectivity index (χ1n) is 11.3. The van der Waals surface area contributed by atoms with Crippen LogP contribution in [0.3, 0.4) is 0 Å². The minimum absolute atomic E-state index is 0.0135. The van der Waals surface area contributed by atoms with Gasteiger partial charge >= 0.3 is 6.03 Å². The van der Waals surface area contributed by atoms with E-state index < -0.39 is 5.82 Å². The summed E-state index contributed by atoms with van der Waals surface area (Å²) in [7, 11) is 0. The lowest BCUT2D eigenvalue weighted by atomic mass is 10.1. The molecule has 7 nitrogen and oxygen atoms in total. The number of ether oxygens (including phenoxy) is 1. The summed E-state index contributed by atoms with van der Waals surface area (Å²) in [6.45, 7) is 4.25. The number of hydrogen-bond donors (Lipinski definition) is 1. The Hall–Kier alpha value is -3.94. The van der Waals surface area contributed by atoms with Gasteiger partial charge in [0.05, 0.1) is 0 Å². The second-order valence-electron chi connectivity index (χ2n) is 8.19. The Morgan fingerprint density at radius 3 is 2.62 bits per heavy atom. The molecule has 34 heavy (non-hydrogen) atoms. The predicted octanol–water partition coefficient (Wildman–Crippen LogP) is 4.38. The van der Waals surface area contributed by atoms with Crippen molar-refractivity contribution in [1.29, 1.82) is 0 Å². The van der Waals surface area contributed by atoms with Gasteiger partial charge in [0.2, 0.25) is 5.88 Å². The fourth-order valence-electron chi connectivity index (χ4n) is 3.86. The molecule has 2 aromatic carbocycles. The van der Waals surface area contributed by atoms with E-state index in [9.17, 15) is 14.0 Å². The Morgan fingerprint density at radius 1 is 1.00 bits per heavy atom. The molecule has 0 radical (unpaired) electrons. The third-order valence-corrected chi connectivity index (χ3v) is 5.63. The molecule has 1 aromatic heterocycles. The highest BCUT2D eigenvalue weighted by Crippen LogP contribution is 2.23. The Balaban J connectivity index is 1.34. The molecule has 0 unspecified atom stereocenters. The highest BCUT2D eigenvalue weighted by Gasteiger charge is 2.23. The van der Waals surface area contributed by atoms with E-state index in [0.29, 0.717) is 55.4 Å². The van der Waals surface area contributed by atoms with Crippen molar-refractivity contribution < 1.29 is 18.7 Å². The molecule has 0 saturated carbocycles. The molecule has 3 aromatic rings. The van der Waals surface area contributed by atoms with Gasteiger partial charge in [-0.05, 0) is 43.7 Å². The summed E-state index contributed by atoms with van der Waals surface area (Å²) < 4.78 is 19.2. The molecule has 1 aliphatic rings. The molecular formula is C26H27FN4O3. The molecule has 3 amide bonds. The van der Waals surface area contributed by atoms with Gasteiger partial charge in [-0.3, -0.25) is 4.79 Å². The van der Waals surface area contributed by atoms with Crippen molar-refractivity contribution in [2.45, 2.75) is 19.9 Å². The zero-order valence-corrected chi connectivity index (χ0v) is 19.0. The highest BCUT2D eigenvalue weighted by atomic mass is 19.1. The van der Waals surface area contributed by atoms with Crippen LogP contribution in [0.2, 0.25) is 0 Å². The third-order valence-electron chi connectivity index (χ3n) is 5.63. The summed E-state index contributed by atoms with van der Waals surface area (Å²) in [5.74, 6) is 0.219. The number of amides is 3. The van der Waals surface area contributed by atoms with Crippen LogP contribution in [0.4, 0.5) is 9.18 Å². The van der Waals surface area contributed by atoms with E-state index >= 15 is 0 Å².